The molecule has 2 saturated heterocycles. The van der Waals surface area contributed by atoms with Crippen molar-refractivity contribution in [3.8, 4) is 5.75 Å². The van der Waals surface area contributed by atoms with Gasteiger partial charge in [-0.3, -0.25) is 4.79 Å². The molecule has 0 radical (unpaired) electrons. The largest absolute Gasteiger partial charge is 0.508 e. The van der Waals surface area contributed by atoms with Crippen LogP contribution >= 0.6 is 23.2 Å². The number of halogens is 2. The lowest BCUT2D eigenvalue weighted by Crippen LogP contribution is -2.47. The van der Waals surface area contributed by atoms with Crippen LogP contribution in [0.15, 0.2) is 12.1 Å². The van der Waals surface area contributed by atoms with E-state index in [0.717, 1.165) is 6.42 Å². The second kappa shape index (κ2) is 7.30. The zero-order valence-corrected chi connectivity index (χ0v) is 15.1. The van der Waals surface area contributed by atoms with Gasteiger partial charge in [-0.25, -0.2) is 4.79 Å². The van der Waals surface area contributed by atoms with Crippen molar-refractivity contribution < 1.29 is 19.8 Å². The van der Waals surface area contributed by atoms with Gasteiger partial charge >= 0.3 is 6.09 Å². The Balaban J connectivity index is 1.64. The maximum absolute atomic E-state index is 12.8. The van der Waals surface area contributed by atoms with Crippen LogP contribution in [0.2, 0.25) is 10.0 Å². The number of rotatable bonds is 3. The molecule has 2 heterocycles. The number of hydrogen-bond donors (Lipinski definition) is 2. The first kappa shape index (κ1) is 18.1. The Kier molecular flexibility index (Phi) is 5.29. The fourth-order valence-electron chi connectivity index (χ4n) is 3.71. The van der Waals surface area contributed by atoms with E-state index in [-0.39, 0.29) is 23.6 Å². The number of hydrogen-bond acceptors (Lipinski definition) is 3. The van der Waals surface area contributed by atoms with Crippen LogP contribution in [0.1, 0.15) is 24.8 Å². The molecule has 0 unspecified atom stereocenters. The Morgan fingerprint density at radius 3 is 2.28 bits per heavy atom. The molecule has 2 aliphatic rings. The van der Waals surface area contributed by atoms with Crippen molar-refractivity contribution in [2.45, 2.75) is 31.7 Å². The van der Waals surface area contributed by atoms with Gasteiger partial charge in [0, 0.05) is 41.6 Å². The van der Waals surface area contributed by atoms with Crippen LogP contribution < -0.4 is 0 Å². The maximum Gasteiger partial charge on any atom is 0.407 e. The molecule has 0 aliphatic carbocycles. The highest BCUT2D eigenvalue weighted by atomic mass is 35.5. The minimum atomic E-state index is -0.902. The smallest absolute Gasteiger partial charge is 0.407 e. The third-order valence-corrected chi connectivity index (χ3v) is 5.78. The zero-order valence-electron chi connectivity index (χ0n) is 13.6. The molecule has 1 atom stereocenters. The Hall–Kier alpha value is -1.66. The maximum atomic E-state index is 12.8. The van der Waals surface area contributed by atoms with Crippen LogP contribution in [0.25, 0.3) is 0 Å². The molecule has 2 N–H and O–H groups in total. The fraction of sp³-hybridized carbons (Fsp3) is 0.529. The third kappa shape index (κ3) is 3.80. The summed E-state index contributed by atoms with van der Waals surface area (Å²) in [5, 5.41) is 19.3. The van der Waals surface area contributed by atoms with Crippen LogP contribution in [-0.2, 0) is 11.2 Å². The van der Waals surface area contributed by atoms with E-state index in [1.54, 1.807) is 0 Å². The van der Waals surface area contributed by atoms with E-state index in [0.29, 0.717) is 54.5 Å². The summed E-state index contributed by atoms with van der Waals surface area (Å²) >= 11 is 12.3. The van der Waals surface area contributed by atoms with Gasteiger partial charge in [-0.2, -0.15) is 0 Å². The van der Waals surface area contributed by atoms with Gasteiger partial charge in [0.1, 0.15) is 5.75 Å². The summed E-state index contributed by atoms with van der Waals surface area (Å²) in [7, 11) is 0. The van der Waals surface area contributed by atoms with E-state index in [9.17, 15) is 14.7 Å². The highest BCUT2D eigenvalue weighted by Crippen LogP contribution is 2.35. The fourth-order valence-corrected chi connectivity index (χ4v) is 4.34. The van der Waals surface area contributed by atoms with Crippen LogP contribution in [0.5, 0.6) is 5.75 Å². The summed E-state index contributed by atoms with van der Waals surface area (Å²) in [6, 6.07) is 2.96. The van der Waals surface area contributed by atoms with Crippen LogP contribution in [0.3, 0.4) is 0 Å². The summed E-state index contributed by atoms with van der Waals surface area (Å²) < 4.78 is 0. The van der Waals surface area contributed by atoms with E-state index >= 15 is 0 Å². The molecule has 8 heteroatoms. The number of phenols is 1. The summed E-state index contributed by atoms with van der Waals surface area (Å²) in [4.78, 5) is 27.0. The summed E-state index contributed by atoms with van der Waals surface area (Å²) in [5.41, 5.74) is 0.682. The topological polar surface area (TPSA) is 81.1 Å². The van der Waals surface area contributed by atoms with Crippen LogP contribution in [0.4, 0.5) is 4.79 Å². The van der Waals surface area contributed by atoms with Crippen molar-refractivity contribution in [3.63, 3.8) is 0 Å². The number of nitrogens with zero attached hydrogens (tertiary/aromatic N) is 2. The van der Waals surface area contributed by atoms with Gasteiger partial charge in [0.25, 0.3) is 0 Å². The van der Waals surface area contributed by atoms with Crippen molar-refractivity contribution >= 4 is 35.2 Å². The van der Waals surface area contributed by atoms with E-state index in [1.165, 1.54) is 17.0 Å². The Labute approximate surface area is 155 Å². The molecule has 2 aliphatic heterocycles. The number of carbonyl (C=O) groups is 2. The summed E-state index contributed by atoms with van der Waals surface area (Å²) in [5.74, 6) is -0.102. The second-order valence-corrected chi connectivity index (χ2v) is 7.42. The molecule has 25 heavy (non-hydrogen) atoms. The van der Waals surface area contributed by atoms with Gasteiger partial charge in [-0.15, -0.1) is 0 Å². The SMILES string of the molecule is O=C(O)N1CCC(N2CC[C@@H](Cc3c(Cl)cc(O)cc3Cl)C2=O)CC1. The molecule has 3 rings (SSSR count). The molecule has 136 valence electrons. The molecule has 0 spiro atoms. The molecule has 1 aromatic rings. The van der Waals surface area contributed by atoms with E-state index < -0.39 is 6.09 Å². The van der Waals surface area contributed by atoms with Gasteiger partial charge < -0.3 is 20.0 Å². The predicted octanol–water partition coefficient (Wildman–Crippen LogP) is 3.23. The van der Waals surface area contributed by atoms with Gasteiger partial charge in [0.2, 0.25) is 5.91 Å². The number of piperidine rings is 1. The van der Waals surface area contributed by atoms with E-state index in [2.05, 4.69) is 0 Å². The Morgan fingerprint density at radius 1 is 1.12 bits per heavy atom. The van der Waals surface area contributed by atoms with Crippen LogP contribution in [0, 0.1) is 5.92 Å². The van der Waals surface area contributed by atoms with Crippen molar-refractivity contribution in [1.29, 1.82) is 0 Å². The first-order valence-electron chi connectivity index (χ1n) is 8.32. The molecule has 0 aromatic heterocycles. The summed E-state index contributed by atoms with van der Waals surface area (Å²) in [6.07, 6.45) is 1.62. The van der Waals surface area contributed by atoms with Gasteiger partial charge in [-0.05, 0) is 43.4 Å². The number of aromatic hydroxyl groups is 1. The molecule has 0 saturated carbocycles. The van der Waals surface area contributed by atoms with Gasteiger partial charge in [0.15, 0.2) is 0 Å². The average Bonchev–Trinajstić information content (AvgIpc) is 2.91. The molecule has 6 nitrogen and oxygen atoms in total. The molecule has 1 aromatic carbocycles. The molecule has 0 bridgehead atoms. The standard InChI is InChI=1S/C17H20Cl2N2O4/c18-14-8-12(22)9-15(19)13(14)7-10-1-6-21(16(10)23)11-2-4-20(5-3-11)17(24)25/h8-11,22H,1-7H2,(H,24,25)/t10-/m0/s1. The van der Waals surface area contributed by atoms with Gasteiger partial charge in [0.05, 0.1) is 0 Å². The Morgan fingerprint density at radius 2 is 1.72 bits per heavy atom. The highest BCUT2D eigenvalue weighted by Gasteiger charge is 2.38. The third-order valence-electron chi connectivity index (χ3n) is 5.10. The number of amides is 2. The van der Waals surface area contributed by atoms with Crippen LogP contribution in [-0.4, -0.2) is 57.7 Å². The monoisotopic (exact) mass is 386 g/mol. The molecular formula is C17H20Cl2N2O4. The lowest BCUT2D eigenvalue weighted by atomic mass is 9.97. The van der Waals surface area contributed by atoms with Crippen molar-refractivity contribution in [2.75, 3.05) is 19.6 Å². The van der Waals surface area contributed by atoms with E-state index in [4.69, 9.17) is 28.3 Å². The lowest BCUT2D eigenvalue weighted by molar-refractivity contribution is -0.133. The lowest BCUT2D eigenvalue weighted by Gasteiger charge is -2.35. The first-order valence-corrected chi connectivity index (χ1v) is 9.07. The highest BCUT2D eigenvalue weighted by molar-refractivity contribution is 6.36. The Bertz CT molecular complexity index is 666. The first-order chi connectivity index (χ1) is 11.9. The molecule has 2 amide bonds. The number of likely N-dealkylation sites (tertiary alicyclic amines) is 2. The molecule has 2 fully saturated rings. The number of carboxylic acid groups (broad SMARTS) is 1. The second-order valence-electron chi connectivity index (χ2n) is 6.61. The van der Waals surface area contributed by atoms with Crippen molar-refractivity contribution in [1.82, 2.24) is 9.80 Å². The normalized spacial score (nSPS) is 21.8. The summed E-state index contributed by atoms with van der Waals surface area (Å²) in [6.45, 7) is 1.60. The average molecular weight is 387 g/mol. The number of benzene rings is 1. The van der Waals surface area contributed by atoms with Gasteiger partial charge in [-0.1, -0.05) is 23.2 Å². The number of phenolic OH excluding ortho intramolecular Hbond substituents is 1. The minimum absolute atomic E-state index is 0.00307. The quantitative estimate of drug-likeness (QED) is 0.835. The molecular weight excluding hydrogens is 367 g/mol. The van der Waals surface area contributed by atoms with E-state index in [1.807, 2.05) is 4.90 Å². The zero-order chi connectivity index (χ0) is 18.1. The number of carbonyl (C=O) groups excluding carboxylic acids is 1. The van der Waals surface area contributed by atoms with Crippen molar-refractivity contribution in [3.05, 3.63) is 27.7 Å². The predicted molar refractivity (Wildman–Crippen MR) is 94.3 cm³/mol. The minimum Gasteiger partial charge on any atom is -0.508 e. The van der Waals surface area contributed by atoms with Crippen molar-refractivity contribution in [2.24, 2.45) is 5.92 Å².